The standard InChI is InChI=1S/C25H32O6/c1-6-27-20(16-18-14-12-11-13-15-18)22(26)19-17-21(28-7-2)24(30-9-4)25(31-10-5)23(19)29-8-3/h11-17H,6-10H2,1-5H3. The molecule has 2 rings (SSSR count). The van der Waals surface area contributed by atoms with Gasteiger partial charge in [-0.15, -0.1) is 0 Å². The van der Waals surface area contributed by atoms with E-state index in [-0.39, 0.29) is 11.5 Å². The van der Waals surface area contributed by atoms with Crippen LogP contribution in [0.5, 0.6) is 23.0 Å². The summed E-state index contributed by atoms with van der Waals surface area (Å²) in [7, 11) is 0. The number of carbonyl (C=O) groups is 1. The van der Waals surface area contributed by atoms with Crippen LogP contribution in [0, 0.1) is 0 Å². The zero-order valence-corrected chi connectivity index (χ0v) is 19.0. The Kier molecular flexibility index (Phi) is 9.75. The van der Waals surface area contributed by atoms with E-state index in [1.54, 1.807) is 12.1 Å². The first kappa shape index (κ1) is 24.1. The molecule has 168 valence electrons. The highest BCUT2D eigenvalue weighted by Crippen LogP contribution is 2.48. The number of ketones is 1. The van der Waals surface area contributed by atoms with Crippen LogP contribution in [-0.4, -0.2) is 38.8 Å². The van der Waals surface area contributed by atoms with Crippen molar-refractivity contribution in [3.05, 3.63) is 53.3 Å². The Morgan fingerprint density at radius 2 is 1.32 bits per heavy atom. The molecule has 0 saturated heterocycles. The number of Topliss-reactive ketones (excluding diaryl/α,β-unsaturated/α-hetero) is 1. The summed E-state index contributed by atoms with van der Waals surface area (Å²) < 4.78 is 29.1. The van der Waals surface area contributed by atoms with Crippen molar-refractivity contribution in [3.8, 4) is 23.0 Å². The second kappa shape index (κ2) is 12.5. The maximum atomic E-state index is 13.6. The van der Waals surface area contributed by atoms with E-state index in [1.165, 1.54) is 0 Å². The summed E-state index contributed by atoms with van der Waals surface area (Å²) in [5.41, 5.74) is 1.16. The van der Waals surface area contributed by atoms with Crippen molar-refractivity contribution in [2.75, 3.05) is 33.0 Å². The Hall–Kier alpha value is -3.15. The molecule has 0 aliphatic heterocycles. The van der Waals surface area contributed by atoms with Gasteiger partial charge in [0.2, 0.25) is 17.3 Å². The summed E-state index contributed by atoms with van der Waals surface area (Å²) in [5, 5.41) is 0. The molecule has 0 saturated carbocycles. The predicted octanol–water partition coefficient (Wildman–Crippen LogP) is 5.54. The van der Waals surface area contributed by atoms with E-state index < -0.39 is 0 Å². The van der Waals surface area contributed by atoms with Crippen molar-refractivity contribution in [3.63, 3.8) is 0 Å². The molecule has 0 amide bonds. The maximum Gasteiger partial charge on any atom is 0.231 e. The van der Waals surface area contributed by atoms with Crippen LogP contribution in [0.3, 0.4) is 0 Å². The molecule has 6 heteroatoms. The average Bonchev–Trinajstić information content (AvgIpc) is 2.77. The van der Waals surface area contributed by atoms with Gasteiger partial charge in [0, 0.05) is 0 Å². The highest BCUT2D eigenvalue weighted by molar-refractivity contribution is 6.12. The number of ether oxygens (including phenoxy) is 5. The average molecular weight is 429 g/mol. The van der Waals surface area contributed by atoms with Crippen molar-refractivity contribution in [1.29, 1.82) is 0 Å². The SMILES string of the molecule is CCOC(=Cc1ccccc1)C(=O)c1cc(OCC)c(OCC)c(OCC)c1OCC. The molecule has 31 heavy (non-hydrogen) atoms. The minimum absolute atomic E-state index is 0.212. The van der Waals surface area contributed by atoms with Gasteiger partial charge in [-0.1, -0.05) is 30.3 Å². The molecule has 2 aromatic rings. The first-order chi connectivity index (χ1) is 15.1. The summed E-state index contributed by atoms with van der Waals surface area (Å²) in [5.74, 6) is 1.42. The first-order valence-electron chi connectivity index (χ1n) is 10.8. The van der Waals surface area contributed by atoms with Crippen LogP contribution in [0.2, 0.25) is 0 Å². The van der Waals surface area contributed by atoms with E-state index in [0.29, 0.717) is 61.6 Å². The van der Waals surface area contributed by atoms with E-state index in [9.17, 15) is 4.79 Å². The smallest absolute Gasteiger partial charge is 0.231 e. The molecule has 0 aromatic heterocycles. The van der Waals surface area contributed by atoms with Gasteiger partial charge in [-0.05, 0) is 52.3 Å². The maximum absolute atomic E-state index is 13.6. The molecule has 0 aliphatic carbocycles. The molecule has 0 N–H and O–H groups in total. The molecule has 0 atom stereocenters. The van der Waals surface area contributed by atoms with E-state index >= 15 is 0 Å². The van der Waals surface area contributed by atoms with Crippen LogP contribution in [-0.2, 0) is 4.74 Å². The van der Waals surface area contributed by atoms with Crippen molar-refractivity contribution < 1.29 is 28.5 Å². The number of carbonyl (C=O) groups excluding carboxylic acids is 1. The van der Waals surface area contributed by atoms with Crippen molar-refractivity contribution in [2.45, 2.75) is 34.6 Å². The van der Waals surface area contributed by atoms with E-state index in [0.717, 1.165) is 5.56 Å². The second-order valence-corrected chi connectivity index (χ2v) is 6.32. The molecular formula is C25H32O6. The fraction of sp³-hybridized carbons (Fsp3) is 0.400. The molecule has 0 aliphatic rings. The van der Waals surface area contributed by atoms with Crippen LogP contribution < -0.4 is 18.9 Å². The topological polar surface area (TPSA) is 63.2 Å². The minimum Gasteiger partial charge on any atom is -0.490 e. The van der Waals surface area contributed by atoms with Gasteiger partial charge in [-0.25, -0.2) is 0 Å². The third kappa shape index (κ3) is 6.17. The fourth-order valence-corrected chi connectivity index (χ4v) is 3.04. The summed E-state index contributed by atoms with van der Waals surface area (Å²) >= 11 is 0. The summed E-state index contributed by atoms with van der Waals surface area (Å²) in [6.07, 6.45) is 1.72. The number of allylic oxidation sites excluding steroid dienone is 1. The van der Waals surface area contributed by atoms with Crippen molar-refractivity contribution >= 4 is 11.9 Å². The molecule has 6 nitrogen and oxygen atoms in total. The normalized spacial score (nSPS) is 11.1. The Morgan fingerprint density at radius 3 is 1.90 bits per heavy atom. The minimum atomic E-state index is -0.320. The van der Waals surface area contributed by atoms with Gasteiger partial charge < -0.3 is 23.7 Å². The highest BCUT2D eigenvalue weighted by atomic mass is 16.6. The Balaban J connectivity index is 2.70. The fourth-order valence-electron chi connectivity index (χ4n) is 3.04. The summed E-state index contributed by atoms with van der Waals surface area (Å²) in [6, 6.07) is 11.2. The molecule has 0 spiro atoms. The molecular weight excluding hydrogens is 396 g/mol. The van der Waals surface area contributed by atoms with Gasteiger partial charge in [0.05, 0.1) is 38.6 Å². The van der Waals surface area contributed by atoms with Crippen LogP contribution in [0.25, 0.3) is 6.08 Å². The first-order valence-corrected chi connectivity index (χ1v) is 10.8. The van der Waals surface area contributed by atoms with Gasteiger partial charge in [0.25, 0.3) is 0 Å². The van der Waals surface area contributed by atoms with Gasteiger partial charge in [0.1, 0.15) is 0 Å². The number of rotatable bonds is 13. The van der Waals surface area contributed by atoms with Gasteiger partial charge >= 0.3 is 0 Å². The van der Waals surface area contributed by atoms with Crippen molar-refractivity contribution in [1.82, 2.24) is 0 Å². The van der Waals surface area contributed by atoms with Crippen LogP contribution in [0.4, 0.5) is 0 Å². The van der Waals surface area contributed by atoms with Gasteiger partial charge in [0.15, 0.2) is 17.3 Å². The highest BCUT2D eigenvalue weighted by Gasteiger charge is 2.28. The van der Waals surface area contributed by atoms with E-state index in [2.05, 4.69) is 0 Å². The number of benzene rings is 2. The number of hydrogen-bond acceptors (Lipinski definition) is 6. The van der Waals surface area contributed by atoms with Crippen molar-refractivity contribution in [2.24, 2.45) is 0 Å². The van der Waals surface area contributed by atoms with Crippen LogP contribution >= 0.6 is 0 Å². The number of hydrogen-bond donors (Lipinski definition) is 0. The second-order valence-electron chi connectivity index (χ2n) is 6.32. The van der Waals surface area contributed by atoms with Crippen LogP contribution in [0.1, 0.15) is 50.5 Å². The third-order valence-electron chi connectivity index (χ3n) is 4.19. The monoisotopic (exact) mass is 428 g/mol. The third-order valence-corrected chi connectivity index (χ3v) is 4.19. The van der Waals surface area contributed by atoms with Gasteiger partial charge in [-0.2, -0.15) is 0 Å². The lowest BCUT2D eigenvalue weighted by Gasteiger charge is -2.21. The Labute approximate surface area is 184 Å². The molecule has 0 heterocycles. The lowest BCUT2D eigenvalue weighted by Crippen LogP contribution is -2.13. The zero-order chi connectivity index (χ0) is 22.6. The van der Waals surface area contributed by atoms with E-state index in [4.69, 9.17) is 23.7 Å². The molecule has 0 radical (unpaired) electrons. The lowest BCUT2D eigenvalue weighted by atomic mass is 10.0. The Morgan fingerprint density at radius 1 is 0.742 bits per heavy atom. The Bertz CT molecular complexity index is 873. The largest absolute Gasteiger partial charge is 0.490 e. The van der Waals surface area contributed by atoms with Crippen LogP contribution in [0.15, 0.2) is 42.2 Å². The molecule has 0 fully saturated rings. The summed E-state index contributed by atoms with van der Waals surface area (Å²) in [6.45, 7) is 11.2. The molecule has 2 aromatic carbocycles. The van der Waals surface area contributed by atoms with E-state index in [1.807, 2.05) is 65.0 Å². The molecule has 0 bridgehead atoms. The predicted molar refractivity (Wildman–Crippen MR) is 121 cm³/mol. The summed E-state index contributed by atoms with van der Waals surface area (Å²) in [4.78, 5) is 13.6. The molecule has 0 unspecified atom stereocenters. The lowest BCUT2D eigenvalue weighted by molar-refractivity contribution is 0.0926. The zero-order valence-electron chi connectivity index (χ0n) is 19.0. The van der Waals surface area contributed by atoms with Gasteiger partial charge in [-0.3, -0.25) is 4.79 Å². The quantitative estimate of drug-likeness (QED) is 0.237.